The zero-order chi connectivity index (χ0) is 17.2. The van der Waals surface area contributed by atoms with Crippen molar-refractivity contribution in [3.05, 3.63) is 12.7 Å². The van der Waals surface area contributed by atoms with E-state index in [1.807, 2.05) is 0 Å². The van der Waals surface area contributed by atoms with Gasteiger partial charge in [0.2, 0.25) is 0 Å². The molecule has 0 spiro atoms. The van der Waals surface area contributed by atoms with Gasteiger partial charge in [0, 0.05) is 21.1 Å². The Morgan fingerprint density at radius 2 is 1.20 bits per heavy atom. The van der Waals surface area contributed by atoms with Crippen LogP contribution in [0.15, 0.2) is 22.9 Å². The number of nitrogens with zero attached hydrogens (tertiary/aromatic N) is 2. The molecule has 4 atom stereocenters. The SMILES string of the molecule is C=CC1CCNCC1.OC1CCCCC1N=NC1CCCCC1O.[Pt]. The van der Waals surface area contributed by atoms with Gasteiger partial charge in [0.15, 0.2) is 0 Å². The zero-order valence-corrected chi connectivity index (χ0v) is 17.5. The van der Waals surface area contributed by atoms with Gasteiger partial charge in [-0.1, -0.05) is 31.8 Å². The van der Waals surface area contributed by atoms with Crippen molar-refractivity contribution in [2.75, 3.05) is 13.1 Å². The van der Waals surface area contributed by atoms with E-state index in [1.165, 1.54) is 25.9 Å². The summed E-state index contributed by atoms with van der Waals surface area (Å²) in [5.74, 6) is 0.788. The monoisotopic (exact) mass is 532 g/mol. The zero-order valence-electron chi connectivity index (χ0n) is 15.3. The molecule has 0 aromatic carbocycles. The number of hydrogen-bond acceptors (Lipinski definition) is 5. The minimum absolute atomic E-state index is 0. The molecule has 0 amide bonds. The molecule has 3 N–H and O–H groups in total. The summed E-state index contributed by atoms with van der Waals surface area (Å²) >= 11 is 0. The summed E-state index contributed by atoms with van der Waals surface area (Å²) in [6, 6.07) is -0.0502. The third-order valence-electron chi connectivity index (χ3n) is 5.47. The van der Waals surface area contributed by atoms with Crippen LogP contribution in [0.3, 0.4) is 0 Å². The van der Waals surface area contributed by atoms with Crippen LogP contribution in [0, 0.1) is 5.92 Å². The van der Waals surface area contributed by atoms with Crippen molar-refractivity contribution in [2.24, 2.45) is 16.1 Å². The average molecular weight is 533 g/mol. The van der Waals surface area contributed by atoms with E-state index in [-0.39, 0.29) is 45.4 Å². The van der Waals surface area contributed by atoms with Crippen LogP contribution in [-0.2, 0) is 21.1 Å². The molecule has 1 aliphatic heterocycles. The molecule has 5 nitrogen and oxygen atoms in total. The van der Waals surface area contributed by atoms with Crippen molar-refractivity contribution in [1.82, 2.24) is 5.32 Å². The standard InChI is InChI=1S/C12H22N2O2.C7H13N.Pt/c15-11-7-3-1-5-9(11)13-14-10-6-2-4-8-12(10)16;1-2-7-3-5-8-6-4-7;/h9-12,15-16H,1-8H2;2,7-8H,1,3-6H2;. The molecule has 3 rings (SSSR count). The fourth-order valence-corrected chi connectivity index (χ4v) is 3.70. The maximum atomic E-state index is 9.75. The van der Waals surface area contributed by atoms with E-state index in [1.54, 1.807) is 0 Å². The van der Waals surface area contributed by atoms with Crippen molar-refractivity contribution in [1.29, 1.82) is 0 Å². The number of piperidine rings is 1. The fourth-order valence-electron chi connectivity index (χ4n) is 3.70. The average Bonchev–Trinajstić information content (AvgIpc) is 2.63. The van der Waals surface area contributed by atoms with Crippen LogP contribution in [0.2, 0.25) is 0 Å². The van der Waals surface area contributed by atoms with Gasteiger partial charge in [-0.05, 0) is 57.5 Å². The Morgan fingerprint density at radius 1 is 0.760 bits per heavy atom. The molecule has 0 bridgehead atoms. The Hall–Kier alpha value is -0.0917. The molecule has 2 saturated carbocycles. The molecular formula is C19H35N3O2Pt. The second kappa shape index (κ2) is 13.1. The van der Waals surface area contributed by atoms with Crippen LogP contribution < -0.4 is 5.32 Å². The molecule has 148 valence electrons. The van der Waals surface area contributed by atoms with Crippen LogP contribution in [-0.4, -0.2) is 47.6 Å². The molecule has 6 heteroatoms. The quantitative estimate of drug-likeness (QED) is 0.386. The van der Waals surface area contributed by atoms with E-state index in [4.69, 9.17) is 0 Å². The first-order valence-electron chi connectivity index (χ1n) is 9.80. The second-order valence-corrected chi connectivity index (χ2v) is 7.39. The van der Waals surface area contributed by atoms with Crippen LogP contribution >= 0.6 is 0 Å². The van der Waals surface area contributed by atoms with Crippen molar-refractivity contribution >= 4 is 0 Å². The molecule has 3 fully saturated rings. The molecule has 0 radical (unpaired) electrons. The van der Waals surface area contributed by atoms with E-state index < -0.39 is 0 Å². The molecule has 2 aliphatic carbocycles. The third kappa shape index (κ3) is 8.42. The number of nitrogens with one attached hydrogen (secondary N) is 1. The minimum Gasteiger partial charge on any atom is -0.391 e. The molecule has 4 unspecified atom stereocenters. The molecule has 25 heavy (non-hydrogen) atoms. The molecular weight excluding hydrogens is 497 g/mol. The summed E-state index contributed by atoms with van der Waals surface area (Å²) < 4.78 is 0. The van der Waals surface area contributed by atoms with Crippen molar-refractivity contribution < 1.29 is 31.3 Å². The van der Waals surface area contributed by atoms with Gasteiger partial charge in [-0.2, -0.15) is 10.2 Å². The van der Waals surface area contributed by atoms with Gasteiger partial charge >= 0.3 is 0 Å². The number of allylic oxidation sites excluding steroid dienone is 1. The van der Waals surface area contributed by atoms with Crippen molar-refractivity contribution in [2.45, 2.75) is 88.5 Å². The van der Waals surface area contributed by atoms with Crippen LogP contribution in [0.25, 0.3) is 0 Å². The predicted octanol–water partition coefficient (Wildman–Crippen LogP) is 3.22. The van der Waals surface area contributed by atoms with Gasteiger partial charge in [0.1, 0.15) is 0 Å². The maximum absolute atomic E-state index is 9.75. The Morgan fingerprint density at radius 3 is 1.56 bits per heavy atom. The van der Waals surface area contributed by atoms with Gasteiger partial charge in [0.05, 0.1) is 24.3 Å². The van der Waals surface area contributed by atoms with Gasteiger partial charge in [0.25, 0.3) is 0 Å². The Balaban J connectivity index is 0.000000295. The molecule has 3 aliphatic rings. The Kier molecular flexibility index (Phi) is 12.1. The summed E-state index contributed by atoms with van der Waals surface area (Å²) in [7, 11) is 0. The van der Waals surface area contributed by atoms with Crippen LogP contribution in [0.1, 0.15) is 64.2 Å². The molecule has 1 heterocycles. The van der Waals surface area contributed by atoms with E-state index in [0.717, 1.165) is 57.3 Å². The molecule has 1 saturated heterocycles. The first kappa shape index (κ1) is 22.9. The smallest absolute Gasteiger partial charge is 0.0966 e. The summed E-state index contributed by atoms with van der Waals surface area (Å²) in [6.45, 7) is 6.11. The van der Waals surface area contributed by atoms with Crippen molar-refractivity contribution in [3.8, 4) is 0 Å². The van der Waals surface area contributed by atoms with Crippen LogP contribution in [0.4, 0.5) is 0 Å². The maximum Gasteiger partial charge on any atom is 0.0966 e. The summed E-state index contributed by atoms with van der Waals surface area (Å²) in [4.78, 5) is 0. The summed E-state index contributed by atoms with van der Waals surface area (Å²) in [6.07, 6.45) is 12.0. The summed E-state index contributed by atoms with van der Waals surface area (Å²) in [5, 5.41) is 31.3. The normalized spacial score (nSPS) is 33.8. The number of aliphatic hydroxyl groups is 2. The van der Waals surface area contributed by atoms with Crippen LogP contribution in [0.5, 0.6) is 0 Å². The van der Waals surface area contributed by atoms with Gasteiger partial charge in [-0.25, -0.2) is 0 Å². The third-order valence-corrected chi connectivity index (χ3v) is 5.47. The van der Waals surface area contributed by atoms with Gasteiger partial charge in [-0.15, -0.1) is 6.58 Å². The topological polar surface area (TPSA) is 77.2 Å². The fraction of sp³-hybridized carbons (Fsp3) is 0.895. The molecule has 0 aromatic heterocycles. The number of hydrogen-bond donors (Lipinski definition) is 3. The number of azo groups is 1. The number of rotatable bonds is 3. The predicted molar refractivity (Wildman–Crippen MR) is 97.2 cm³/mol. The van der Waals surface area contributed by atoms with Gasteiger partial charge < -0.3 is 15.5 Å². The number of aliphatic hydroxyl groups excluding tert-OH is 2. The summed E-state index contributed by atoms with van der Waals surface area (Å²) in [5.41, 5.74) is 0. The van der Waals surface area contributed by atoms with E-state index in [0.29, 0.717) is 0 Å². The van der Waals surface area contributed by atoms with Crippen molar-refractivity contribution in [3.63, 3.8) is 0 Å². The van der Waals surface area contributed by atoms with E-state index in [2.05, 4.69) is 28.2 Å². The molecule has 0 aromatic rings. The Bertz CT molecular complexity index is 365. The Labute approximate surface area is 167 Å². The van der Waals surface area contributed by atoms with E-state index in [9.17, 15) is 10.2 Å². The largest absolute Gasteiger partial charge is 0.391 e. The minimum atomic E-state index is -0.321. The first-order chi connectivity index (χ1) is 11.7. The van der Waals surface area contributed by atoms with Gasteiger partial charge in [-0.3, -0.25) is 0 Å². The first-order valence-corrected chi connectivity index (χ1v) is 9.80. The second-order valence-electron chi connectivity index (χ2n) is 7.39. The van der Waals surface area contributed by atoms with E-state index >= 15 is 0 Å².